The zero-order valence-corrected chi connectivity index (χ0v) is 51.7. The number of aliphatic hydroxyl groups excluding tert-OH is 2. The van der Waals surface area contributed by atoms with Crippen LogP contribution in [0.15, 0.2) is 109 Å². The Morgan fingerprint density at radius 3 is 1.18 bits per heavy atom. The van der Waals surface area contributed by atoms with Gasteiger partial charge >= 0.3 is 0 Å². The molecule has 0 aromatic heterocycles. The number of nitrogens with zero attached hydrogens (tertiary/aromatic N) is 4. The van der Waals surface area contributed by atoms with Gasteiger partial charge in [0, 0.05) is 50.4 Å². The van der Waals surface area contributed by atoms with Crippen molar-refractivity contribution in [2.24, 2.45) is 11.8 Å². The van der Waals surface area contributed by atoms with Crippen LogP contribution in [-0.2, 0) is 41.6 Å². The number of carbonyl (C=O) groups is 8. The summed E-state index contributed by atoms with van der Waals surface area (Å²) in [6.07, 6.45) is 9.04. The maximum atomic E-state index is 14.5. The predicted octanol–water partition coefficient (Wildman–Crippen LogP) is 4.23. The molecule has 8 rings (SSSR count). The van der Waals surface area contributed by atoms with Crippen molar-refractivity contribution in [1.82, 2.24) is 51.5 Å². The van der Waals surface area contributed by atoms with E-state index >= 15 is 0 Å². The summed E-state index contributed by atoms with van der Waals surface area (Å²) in [6.45, 7) is 3.97. The number of likely N-dealkylation sites (tertiary alicyclic amines) is 2. The lowest BCUT2D eigenvalue weighted by molar-refractivity contribution is -0.142. The topological polar surface area (TPSA) is 262 Å². The Kier molecular flexibility index (Phi) is 24.6. The van der Waals surface area contributed by atoms with Gasteiger partial charge in [0.15, 0.2) is 0 Å². The van der Waals surface area contributed by atoms with Crippen molar-refractivity contribution in [1.29, 1.82) is 0 Å². The van der Waals surface area contributed by atoms with E-state index in [1.807, 2.05) is 60.7 Å². The molecule has 88 heavy (non-hydrogen) atoms. The molecule has 4 fully saturated rings. The number of hydrogen-bond donors (Lipinski definition) is 8. The number of aliphatic hydroxyl groups is 2. The van der Waals surface area contributed by atoms with Gasteiger partial charge in [0.2, 0.25) is 35.4 Å². The maximum absolute atomic E-state index is 14.5. The lowest BCUT2D eigenvalue weighted by Crippen LogP contribution is -2.59. The average Bonchev–Trinajstić information content (AvgIpc) is 3.28. The molecule has 4 aromatic rings. The first-order chi connectivity index (χ1) is 42.5. The van der Waals surface area contributed by atoms with Crippen LogP contribution in [0, 0.1) is 11.8 Å². The van der Waals surface area contributed by atoms with E-state index in [2.05, 4.69) is 31.9 Å². The van der Waals surface area contributed by atoms with Gasteiger partial charge in [0.05, 0.1) is 49.5 Å². The number of nitrogens with one attached hydrogen (secondary N) is 6. The Labute approximate surface area is 518 Å². The van der Waals surface area contributed by atoms with E-state index in [9.17, 15) is 48.6 Å². The van der Waals surface area contributed by atoms with Crippen LogP contribution in [0.5, 0.6) is 0 Å². The normalized spacial score (nSPS) is 20.2. The minimum Gasteiger partial charge on any atom is -0.391 e. The molecule has 8 atom stereocenters. The molecule has 0 bridgehead atoms. The van der Waals surface area contributed by atoms with Crippen LogP contribution >= 0.6 is 0 Å². The molecule has 8 N–H and O–H groups in total. The number of hydrogen-bond acceptors (Lipinski definition) is 12. The summed E-state index contributed by atoms with van der Waals surface area (Å²) in [5.74, 6) is -2.88. The minimum atomic E-state index is -0.905. The van der Waals surface area contributed by atoms with E-state index < -0.39 is 60.3 Å². The van der Waals surface area contributed by atoms with Crippen molar-refractivity contribution in [3.63, 3.8) is 0 Å². The second kappa shape index (κ2) is 32.6. The number of amides is 8. The molecule has 0 radical (unpaired) electrons. The number of rotatable bonds is 27. The Hall–Kier alpha value is -7.52. The van der Waals surface area contributed by atoms with E-state index in [0.717, 1.165) is 86.5 Å². The van der Waals surface area contributed by atoms with Gasteiger partial charge in [0.1, 0.15) is 12.1 Å². The smallest absolute Gasteiger partial charge is 0.251 e. The van der Waals surface area contributed by atoms with Crippen LogP contribution in [0.4, 0.5) is 0 Å². The van der Waals surface area contributed by atoms with Gasteiger partial charge in [-0.05, 0) is 138 Å². The molecule has 4 aliphatic rings. The SMILES string of the molecule is CN[C@@H](C)C(=O)N[C@H](C(=O)N1CC[C@H](O)[C@H]1CN(CCc1ccccc1)C(=O)CNC(=O)c1ccc(-c2ccc(C(=O)NCC(=O)N(CCc3ccccc3)C[C@H]3[C@@H](O)CCN3C(=O)[C@@H](NC(=O)[C@H](C)NC)C3CCCCC3)cc2)cc1)C1CCCCC1. The molecule has 8 amide bonds. The van der Waals surface area contributed by atoms with Crippen molar-refractivity contribution in [3.05, 3.63) is 131 Å². The summed E-state index contributed by atoms with van der Waals surface area (Å²) in [5.41, 5.74) is 4.13. The molecule has 2 aliphatic carbocycles. The highest BCUT2D eigenvalue weighted by molar-refractivity contribution is 5.98. The number of likely N-dealkylation sites (N-methyl/N-ethyl adjacent to an activating group) is 2. The molecular formula is C68H92N10O10. The van der Waals surface area contributed by atoms with Crippen LogP contribution in [0.1, 0.15) is 123 Å². The van der Waals surface area contributed by atoms with E-state index in [4.69, 9.17) is 0 Å². The Morgan fingerprint density at radius 1 is 0.489 bits per heavy atom. The molecule has 2 saturated heterocycles. The van der Waals surface area contributed by atoms with Gasteiger partial charge in [-0.3, -0.25) is 38.4 Å². The third-order valence-corrected chi connectivity index (χ3v) is 18.6. The van der Waals surface area contributed by atoms with Crippen molar-refractivity contribution in [2.75, 3.05) is 66.5 Å². The quantitative estimate of drug-likeness (QED) is 0.0418. The van der Waals surface area contributed by atoms with Gasteiger partial charge < -0.3 is 61.7 Å². The summed E-state index contributed by atoms with van der Waals surface area (Å²) < 4.78 is 0. The van der Waals surface area contributed by atoms with Gasteiger partial charge in [-0.25, -0.2) is 0 Å². The zero-order valence-electron chi connectivity index (χ0n) is 51.7. The number of carbonyl (C=O) groups excluding carboxylic acids is 8. The molecule has 20 heteroatoms. The van der Waals surface area contributed by atoms with Gasteiger partial charge in [-0.15, -0.1) is 0 Å². The van der Waals surface area contributed by atoms with Crippen molar-refractivity contribution in [3.8, 4) is 11.1 Å². The minimum absolute atomic E-state index is 0.0335. The number of benzene rings is 4. The Bertz CT molecular complexity index is 2760. The summed E-state index contributed by atoms with van der Waals surface area (Å²) in [7, 11) is 3.38. The molecule has 20 nitrogen and oxygen atoms in total. The van der Waals surface area contributed by atoms with Crippen molar-refractivity contribution >= 4 is 47.3 Å². The zero-order chi connectivity index (χ0) is 62.7. The maximum Gasteiger partial charge on any atom is 0.251 e. The van der Waals surface area contributed by atoms with Crippen LogP contribution in [0.25, 0.3) is 11.1 Å². The van der Waals surface area contributed by atoms with Gasteiger partial charge in [0.25, 0.3) is 11.8 Å². The predicted molar refractivity (Wildman–Crippen MR) is 336 cm³/mol. The van der Waals surface area contributed by atoms with Crippen LogP contribution in [-0.4, -0.2) is 192 Å². The Balaban J connectivity index is 0.878. The molecule has 2 aliphatic heterocycles. The molecular weight excluding hydrogens is 1120 g/mol. The average molecular weight is 1210 g/mol. The highest BCUT2D eigenvalue weighted by atomic mass is 16.3. The first kappa shape index (κ1) is 66.4. The van der Waals surface area contributed by atoms with E-state index in [1.54, 1.807) is 96.1 Å². The second-order valence-electron chi connectivity index (χ2n) is 24.4. The van der Waals surface area contributed by atoms with Crippen molar-refractivity contribution < 1.29 is 48.6 Å². The third-order valence-electron chi connectivity index (χ3n) is 18.6. The molecule has 0 spiro atoms. The fraction of sp³-hybridized carbons (Fsp3) is 0.529. The van der Waals surface area contributed by atoms with E-state index in [1.165, 1.54) is 0 Å². The summed E-state index contributed by atoms with van der Waals surface area (Å²) >= 11 is 0. The van der Waals surface area contributed by atoms with Crippen LogP contribution in [0.3, 0.4) is 0 Å². The van der Waals surface area contributed by atoms with Gasteiger partial charge in [-0.1, -0.05) is 123 Å². The van der Waals surface area contributed by atoms with E-state index in [0.29, 0.717) is 36.8 Å². The third kappa shape index (κ3) is 17.8. The standard InChI is InChI=1S/C68H92N10O10/c1-45(69-3)63(83)73-61(51-21-13-7-14-22-51)67(87)77-39-35-57(79)55(77)43-75(37-33-47-17-9-5-10-18-47)59(81)41-71-65(85)53-29-25-49(26-30-53)50-27-31-54(32-28-50)66(86)72-42-60(82)76(38-34-48-19-11-6-12-20-48)44-56-58(80)36-40-78(56)68(88)62(52-23-15-8-16-24-52)74-64(84)46(2)70-4/h5-6,9-12,17-20,25-32,45-46,51-52,55-58,61-62,69-70,79-80H,7-8,13-16,21-24,33-44H2,1-4H3,(H,71,85)(H,72,86)(H,73,83)(H,74,84)/t45-,46-,55-,56+,57-,58-,61-,62-/m0/s1. The molecule has 0 unspecified atom stereocenters. The van der Waals surface area contributed by atoms with Crippen molar-refractivity contribution in [2.45, 2.75) is 152 Å². The molecule has 4 aromatic carbocycles. The first-order valence-electron chi connectivity index (χ1n) is 31.9. The highest BCUT2D eigenvalue weighted by Gasteiger charge is 2.45. The summed E-state index contributed by atoms with van der Waals surface area (Å²) in [5, 5.41) is 40.4. The first-order valence-corrected chi connectivity index (χ1v) is 31.9. The largest absolute Gasteiger partial charge is 0.391 e. The second-order valence-corrected chi connectivity index (χ2v) is 24.4. The Morgan fingerprint density at radius 2 is 0.841 bits per heavy atom. The summed E-state index contributed by atoms with van der Waals surface area (Å²) in [4.78, 5) is 118. The lowest BCUT2D eigenvalue weighted by atomic mass is 9.83. The lowest BCUT2D eigenvalue weighted by Gasteiger charge is -2.37. The molecule has 2 saturated carbocycles. The highest BCUT2D eigenvalue weighted by Crippen LogP contribution is 2.32. The fourth-order valence-corrected chi connectivity index (χ4v) is 12.8. The van der Waals surface area contributed by atoms with E-state index in [-0.39, 0.29) is 99.6 Å². The summed E-state index contributed by atoms with van der Waals surface area (Å²) in [6, 6.07) is 29.0. The van der Waals surface area contributed by atoms with Gasteiger partial charge in [-0.2, -0.15) is 0 Å². The van der Waals surface area contributed by atoms with Crippen LogP contribution < -0.4 is 31.9 Å². The molecule has 2 heterocycles. The molecule has 474 valence electrons. The van der Waals surface area contributed by atoms with Crippen LogP contribution in [0.2, 0.25) is 0 Å². The fourth-order valence-electron chi connectivity index (χ4n) is 12.8. The monoisotopic (exact) mass is 1210 g/mol.